The topological polar surface area (TPSA) is 77.2 Å². The maximum atomic E-state index is 11.7. The van der Waals surface area contributed by atoms with E-state index < -0.39 is 17.4 Å². The molecule has 0 aliphatic rings. The third-order valence-electron chi connectivity index (χ3n) is 3.65. The van der Waals surface area contributed by atoms with Gasteiger partial charge in [-0.15, -0.1) is 0 Å². The summed E-state index contributed by atoms with van der Waals surface area (Å²) in [6.45, 7) is 2.04. The van der Waals surface area contributed by atoms with Crippen LogP contribution in [0.1, 0.15) is 6.92 Å². The number of carbonyl (C=O) groups excluding carboxylic acids is 1. The number of amides is 1. The zero-order valence-corrected chi connectivity index (χ0v) is 12.1. The van der Waals surface area contributed by atoms with E-state index in [2.05, 4.69) is 9.88 Å². The predicted molar refractivity (Wildman–Crippen MR) is 85.6 cm³/mol. The number of nitrogens with one attached hydrogen (secondary N) is 1. The molecule has 112 valence electrons. The van der Waals surface area contributed by atoms with Gasteiger partial charge in [-0.25, -0.2) is 0 Å². The van der Waals surface area contributed by atoms with Crippen molar-refractivity contribution < 1.29 is 9.72 Å². The molecule has 0 atom stereocenters. The van der Waals surface area contributed by atoms with Crippen molar-refractivity contribution >= 4 is 33.4 Å². The van der Waals surface area contributed by atoms with Crippen LogP contribution in [0.5, 0.6) is 0 Å². The Balaban J connectivity index is 2.19. The first-order chi connectivity index (χ1) is 10.6. The van der Waals surface area contributed by atoms with E-state index in [0.717, 1.165) is 28.4 Å². The number of carbonyl (C=O) groups is 1. The number of aromatic nitrogens is 1. The standard InChI is InChI=1S/C16H15N3O3/c1-2-18-14-9-4-3-6-11(14)12-7-5-8-13(16(12)18)17-15(20)10-19(21)22/h3-9H,2,10H2,1H3,(H,17,20). The average Bonchev–Trinajstić information content (AvgIpc) is 2.81. The number of fused-ring (bicyclic) bond motifs is 3. The Hall–Kier alpha value is -2.89. The molecule has 22 heavy (non-hydrogen) atoms. The first-order valence-corrected chi connectivity index (χ1v) is 7.03. The van der Waals surface area contributed by atoms with E-state index in [1.165, 1.54) is 0 Å². The number of aryl methyl sites for hydroxylation is 1. The average molecular weight is 297 g/mol. The van der Waals surface area contributed by atoms with E-state index in [1.54, 1.807) is 6.07 Å². The first-order valence-electron chi connectivity index (χ1n) is 7.03. The Morgan fingerprint density at radius 2 is 1.91 bits per heavy atom. The van der Waals surface area contributed by atoms with E-state index in [9.17, 15) is 14.9 Å². The summed E-state index contributed by atoms with van der Waals surface area (Å²) < 4.78 is 2.10. The molecule has 0 saturated heterocycles. The van der Waals surface area contributed by atoms with Gasteiger partial charge in [0.2, 0.25) is 0 Å². The monoisotopic (exact) mass is 297 g/mol. The number of rotatable bonds is 4. The lowest BCUT2D eigenvalue weighted by molar-refractivity contribution is -0.467. The molecule has 1 N–H and O–H groups in total. The van der Waals surface area contributed by atoms with Crippen molar-refractivity contribution in [3.05, 3.63) is 52.6 Å². The minimum Gasteiger partial charge on any atom is -0.339 e. The van der Waals surface area contributed by atoms with Crippen LogP contribution in [0, 0.1) is 10.1 Å². The zero-order chi connectivity index (χ0) is 15.7. The van der Waals surface area contributed by atoms with Crippen molar-refractivity contribution in [3.8, 4) is 0 Å². The lowest BCUT2D eigenvalue weighted by Crippen LogP contribution is -2.22. The molecule has 0 fully saturated rings. The zero-order valence-electron chi connectivity index (χ0n) is 12.1. The third kappa shape index (κ3) is 2.28. The van der Waals surface area contributed by atoms with Crippen LogP contribution in [0.15, 0.2) is 42.5 Å². The molecule has 2 aromatic carbocycles. The van der Waals surface area contributed by atoms with Crippen molar-refractivity contribution in [2.24, 2.45) is 0 Å². The minimum absolute atomic E-state index is 0.599. The molecule has 0 spiro atoms. The maximum absolute atomic E-state index is 11.7. The number of nitro groups is 1. The van der Waals surface area contributed by atoms with Crippen LogP contribution in [0.3, 0.4) is 0 Å². The summed E-state index contributed by atoms with van der Waals surface area (Å²) >= 11 is 0. The molecule has 6 heteroatoms. The number of anilines is 1. The summed E-state index contributed by atoms with van der Waals surface area (Å²) in [5.74, 6) is -0.620. The Bertz CT molecular complexity index is 883. The summed E-state index contributed by atoms with van der Waals surface area (Å²) in [4.78, 5) is 21.6. The molecular weight excluding hydrogens is 282 g/mol. The van der Waals surface area contributed by atoms with Crippen LogP contribution in [0.2, 0.25) is 0 Å². The van der Waals surface area contributed by atoms with Gasteiger partial charge in [0.15, 0.2) is 0 Å². The molecule has 0 unspecified atom stereocenters. The largest absolute Gasteiger partial charge is 0.339 e. The van der Waals surface area contributed by atoms with Gasteiger partial charge >= 0.3 is 0 Å². The van der Waals surface area contributed by atoms with Gasteiger partial charge in [0.1, 0.15) is 0 Å². The van der Waals surface area contributed by atoms with Crippen molar-refractivity contribution in [2.45, 2.75) is 13.5 Å². The van der Waals surface area contributed by atoms with Crippen molar-refractivity contribution in [1.29, 1.82) is 0 Å². The highest BCUT2D eigenvalue weighted by Crippen LogP contribution is 2.33. The van der Waals surface area contributed by atoms with Crippen LogP contribution >= 0.6 is 0 Å². The van der Waals surface area contributed by atoms with Crippen molar-refractivity contribution in [1.82, 2.24) is 4.57 Å². The first kappa shape index (κ1) is 14.1. The second-order valence-electron chi connectivity index (χ2n) is 5.00. The molecule has 1 aromatic heterocycles. The van der Waals surface area contributed by atoms with Gasteiger partial charge in [0.05, 0.1) is 11.2 Å². The SMILES string of the molecule is CCn1c2ccccc2c2cccc(NC(=O)C[N+](=O)[O-])c21. The molecule has 1 heterocycles. The van der Waals surface area contributed by atoms with Crippen LogP contribution in [-0.2, 0) is 11.3 Å². The maximum Gasteiger partial charge on any atom is 0.296 e. The number of para-hydroxylation sites is 2. The van der Waals surface area contributed by atoms with Crippen molar-refractivity contribution in [3.63, 3.8) is 0 Å². The van der Waals surface area contributed by atoms with Gasteiger partial charge in [-0.2, -0.15) is 0 Å². The molecule has 6 nitrogen and oxygen atoms in total. The molecule has 1 amide bonds. The number of benzene rings is 2. The fourth-order valence-corrected chi connectivity index (χ4v) is 2.85. The van der Waals surface area contributed by atoms with Gasteiger partial charge in [0, 0.05) is 27.8 Å². The van der Waals surface area contributed by atoms with Crippen LogP contribution < -0.4 is 5.32 Å². The van der Waals surface area contributed by atoms with E-state index in [4.69, 9.17) is 0 Å². The van der Waals surface area contributed by atoms with E-state index in [-0.39, 0.29) is 0 Å². The summed E-state index contributed by atoms with van der Waals surface area (Å²) in [6, 6.07) is 13.6. The van der Waals surface area contributed by atoms with E-state index in [0.29, 0.717) is 5.69 Å². The highest BCUT2D eigenvalue weighted by Gasteiger charge is 2.16. The lowest BCUT2D eigenvalue weighted by atomic mass is 10.1. The van der Waals surface area contributed by atoms with E-state index in [1.807, 2.05) is 43.3 Å². The quantitative estimate of drug-likeness (QED) is 0.594. The molecule has 3 aromatic rings. The molecule has 3 rings (SSSR count). The van der Waals surface area contributed by atoms with Gasteiger partial charge < -0.3 is 9.88 Å². The van der Waals surface area contributed by atoms with Crippen molar-refractivity contribution in [2.75, 3.05) is 11.9 Å². The normalized spacial score (nSPS) is 11.0. The summed E-state index contributed by atoms with van der Waals surface area (Å²) in [5.41, 5.74) is 2.57. The predicted octanol–water partition coefficient (Wildman–Crippen LogP) is 3.03. The fourth-order valence-electron chi connectivity index (χ4n) is 2.85. The second kappa shape index (κ2) is 5.48. The molecule has 0 bridgehead atoms. The highest BCUT2D eigenvalue weighted by molar-refractivity contribution is 6.13. The summed E-state index contributed by atoms with van der Waals surface area (Å²) in [5, 5.41) is 15.2. The molecule has 0 saturated carbocycles. The summed E-state index contributed by atoms with van der Waals surface area (Å²) in [6.07, 6.45) is 0. The Kier molecular flexibility index (Phi) is 3.50. The molecular formula is C16H15N3O3. The Labute approximate surface area is 126 Å². The van der Waals surface area contributed by atoms with Gasteiger partial charge in [-0.05, 0) is 19.1 Å². The van der Waals surface area contributed by atoms with Crippen LogP contribution in [0.4, 0.5) is 5.69 Å². The Morgan fingerprint density at radius 3 is 2.64 bits per heavy atom. The smallest absolute Gasteiger partial charge is 0.296 e. The highest BCUT2D eigenvalue weighted by atomic mass is 16.6. The summed E-state index contributed by atoms with van der Waals surface area (Å²) in [7, 11) is 0. The second-order valence-corrected chi connectivity index (χ2v) is 5.00. The molecule has 0 aliphatic heterocycles. The molecule has 0 radical (unpaired) electrons. The molecule has 0 aliphatic carbocycles. The Morgan fingerprint density at radius 1 is 1.18 bits per heavy atom. The number of hydrogen-bond donors (Lipinski definition) is 1. The van der Waals surface area contributed by atoms with Gasteiger partial charge in [-0.3, -0.25) is 14.9 Å². The third-order valence-corrected chi connectivity index (χ3v) is 3.65. The number of hydrogen-bond acceptors (Lipinski definition) is 3. The lowest BCUT2D eigenvalue weighted by Gasteiger charge is -2.09. The van der Waals surface area contributed by atoms with Gasteiger partial charge in [0.25, 0.3) is 12.5 Å². The minimum atomic E-state index is -0.733. The number of nitrogens with zero attached hydrogens (tertiary/aromatic N) is 2. The fraction of sp³-hybridized carbons (Fsp3) is 0.188. The van der Waals surface area contributed by atoms with Crippen LogP contribution in [0.25, 0.3) is 21.8 Å². The van der Waals surface area contributed by atoms with E-state index >= 15 is 0 Å². The van der Waals surface area contributed by atoms with Gasteiger partial charge in [-0.1, -0.05) is 30.3 Å². The van der Waals surface area contributed by atoms with Crippen LogP contribution in [-0.4, -0.2) is 21.9 Å².